The van der Waals surface area contributed by atoms with E-state index < -0.39 is 0 Å². The Balaban J connectivity index is 2.63. The van der Waals surface area contributed by atoms with E-state index in [1.54, 1.807) is 12.1 Å². The van der Waals surface area contributed by atoms with E-state index in [1.807, 2.05) is 24.5 Å². The normalized spacial score (nSPS) is 10.8. The molecule has 0 aliphatic carbocycles. The molecule has 1 heterocycles. The minimum absolute atomic E-state index is 0.213. The molecular formula is C15H15Cl2N3. The predicted octanol–water partition coefficient (Wildman–Crippen LogP) is 4.20. The van der Waals surface area contributed by atoms with E-state index in [4.69, 9.17) is 35.4 Å². The zero-order chi connectivity index (χ0) is 14.9. The third-order valence-electron chi connectivity index (χ3n) is 2.99. The fraction of sp³-hybridized carbons (Fsp3) is 0.267. The van der Waals surface area contributed by atoms with Crippen LogP contribution in [0.15, 0.2) is 18.2 Å². The third kappa shape index (κ3) is 2.63. The van der Waals surface area contributed by atoms with Crippen LogP contribution < -0.4 is 5.73 Å². The Morgan fingerprint density at radius 3 is 2.65 bits per heavy atom. The molecule has 1 aromatic heterocycles. The summed E-state index contributed by atoms with van der Waals surface area (Å²) >= 11 is 12.1. The quantitative estimate of drug-likeness (QED) is 0.864. The first-order valence-corrected chi connectivity index (χ1v) is 6.96. The molecule has 0 saturated heterocycles. The first kappa shape index (κ1) is 14.8. The van der Waals surface area contributed by atoms with E-state index in [1.165, 1.54) is 0 Å². The highest BCUT2D eigenvalue weighted by Crippen LogP contribution is 2.35. The second-order valence-electron chi connectivity index (χ2n) is 4.77. The smallest absolute Gasteiger partial charge is 0.132 e. The number of anilines is 1. The molecule has 2 rings (SSSR count). The fourth-order valence-corrected chi connectivity index (χ4v) is 2.56. The summed E-state index contributed by atoms with van der Waals surface area (Å²) in [6.45, 7) is 4.47. The first-order chi connectivity index (χ1) is 9.45. The Labute approximate surface area is 128 Å². The predicted molar refractivity (Wildman–Crippen MR) is 85.0 cm³/mol. The van der Waals surface area contributed by atoms with Crippen LogP contribution in [-0.4, -0.2) is 9.55 Å². The van der Waals surface area contributed by atoms with Crippen LogP contribution in [0.25, 0.3) is 11.3 Å². The number of terminal acetylenes is 1. The van der Waals surface area contributed by atoms with Gasteiger partial charge in [0.2, 0.25) is 0 Å². The lowest BCUT2D eigenvalue weighted by atomic mass is 10.1. The van der Waals surface area contributed by atoms with Crippen LogP contribution in [0, 0.1) is 12.3 Å². The van der Waals surface area contributed by atoms with Gasteiger partial charge in [-0.25, -0.2) is 4.98 Å². The van der Waals surface area contributed by atoms with Gasteiger partial charge in [-0.3, -0.25) is 0 Å². The molecule has 0 atom stereocenters. The number of nitrogen functional groups attached to an aromatic ring is 1. The first-order valence-electron chi connectivity index (χ1n) is 6.20. The van der Waals surface area contributed by atoms with Crippen LogP contribution in [0.2, 0.25) is 10.0 Å². The van der Waals surface area contributed by atoms with Crippen LogP contribution >= 0.6 is 23.2 Å². The minimum Gasteiger partial charge on any atom is -0.383 e. The maximum Gasteiger partial charge on any atom is 0.132 e. The van der Waals surface area contributed by atoms with Crippen molar-refractivity contribution in [3.8, 4) is 23.6 Å². The molecule has 0 aliphatic heterocycles. The molecule has 5 heteroatoms. The zero-order valence-electron chi connectivity index (χ0n) is 11.3. The van der Waals surface area contributed by atoms with Gasteiger partial charge in [-0.2, -0.15) is 0 Å². The summed E-state index contributed by atoms with van der Waals surface area (Å²) in [5.74, 6) is 4.18. The Hall–Kier alpha value is -1.63. The highest BCUT2D eigenvalue weighted by molar-refractivity contribution is 6.36. The Bertz CT molecular complexity index is 681. The lowest BCUT2D eigenvalue weighted by Gasteiger charge is -2.08. The molecule has 0 aliphatic rings. The van der Waals surface area contributed by atoms with Crippen molar-refractivity contribution in [2.24, 2.45) is 0 Å². The molecule has 0 bridgehead atoms. The molecule has 3 nitrogen and oxygen atoms in total. The molecule has 2 N–H and O–H groups in total. The summed E-state index contributed by atoms with van der Waals surface area (Å²) in [4.78, 5) is 4.60. The molecule has 20 heavy (non-hydrogen) atoms. The zero-order valence-corrected chi connectivity index (χ0v) is 12.8. The molecule has 0 unspecified atom stereocenters. The van der Waals surface area contributed by atoms with Gasteiger partial charge in [-0.05, 0) is 18.2 Å². The summed E-state index contributed by atoms with van der Waals surface area (Å²) in [6.07, 6.45) is 5.40. The lowest BCUT2D eigenvalue weighted by Crippen LogP contribution is -2.07. The molecular weight excluding hydrogens is 293 g/mol. The van der Waals surface area contributed by atoms with E-state index in [0.29, 0.717) is 28.1 Å². The van der Waals surface area contributed by atoms with E-state index in [2.05, 4.69) is 10.9 Å². The summed E-state index contributed by atoms with van der Waals surface area (Å²) < 4.78 is 1.84. The average Bonchev–Trinajstić information content (AvgIpc) is 2.68. The molecule has 0 saturated carbocycles. The van der Waals surface area contributed by atoms with Crippen LogP contribution in [0.1, 0.15) is 25.6 Å². The number of hydrogen-bond acceptors (Lipinski definition) is 2. The van der Waals surface area contributed by atoms with Crippen LogP contribution in [0.5, 0.6) is 0 Å². The van der Waals surface area contributed by atoms with Crippen molar-refractivity contribution in [2.45, 2.75) is 26.3 Å². The summed E-state index contributed by atoms with van der Waals surface area (Å²) in [5, 5.41) is 1.09. The topological polar surface area (TPSA) is 43.8 Å². The highest BCUT2D eigenvalue weighted by Gasteiger charge is 2.19. The number of benzene rings is 1. The van der Waals surface area contributed by atoms with Crippen molar-refractivity contribution < 1.29 is 0 Å². The van der Waals surface area contributed by atoms with Crippen LogP contribution in [-0.2, 0) is 6.54 Å². The SMILES string of the molecule is C#CCn1c(C(C)C)nc(-c2ccc(Cl)cc2Cl)c1N. The number of halogens is 2. The minimum atomic E-state index is 0.213. The fourth-order valence-electron chi connectivity index (χ4n) is 2.06. The average molecular weight is 308 g/mol. The molecule has 2 aromatic rings. The van der Waals surface area contributed by atoms with Crippen molar-refractivity contribution in [1.29, 1.82) is 0 Å². The van der Waals surface area contributed by atoms with Crippen molar-refractivity contribution in [2.75, 3.05) is 5.73 Å². The van der Waals surface area contributed by atoms with E-state index >= 15 is 0 Å². The molecule has 1 aromatic carbocycles. The van der Waals surface area contributed by atoms with E-state index in [0.717, 1.165) is 11.4 Å². The van der Waals surface area contributed by atoms with Crippen LogP contribution in [0.4, 0.5) is 5.82 Å². The van der Waals surface area contributed by atoms with Gasteiger partial charge in [0, 0.05) is 16.5 Å². The van der Waals surface area contributed by atoms with Gasteiger partial charge in [0.1, 0.15) is 17.3 Å². The molecule has 0 radical (unpaired) electrons. The maximum absolute atomic E-state index is 6.22. The number of nitrogens with two attached hydrogens (primary N) is 1. The second kappa shape index (κ2) is 5.78. The van der Waals surface area contributed by atoms with Gasteiger partial charge in [0.05, 0.1) is 11.6 Å². The number of aromatic nitrogens is 2. The van der Waals surface area contributed by atoms with Gasteiger partial charge in [-0.15, -0.1) is 6.42 Å². The van der Waals surface area contributed by atoms with Gasteiger partial charge in [-0.1, -0.05) is 43.0 Å². The number of rotatable bonds is 3. The highest BCUT2D eigenvalue weighted by atomic mass is 35.5. The van der Waals surface area contributed by atoms with Gasteiger partial charge < -0.3 is 10.3 Å². The summed E-state index contributed by atoms with van der Waals surface area (Å²) in [6, 6.07) is 5.25. The van der Waals surface area contributed by atoms with Crippen molar-refractivity contribution in [3.63, 3.8) is 0 Å². The molecule has 0 spiro atoms. The molecule has 104 valence electrons. The largest absolute Gasteiger partial charge is 0.383 e. The van der Waals surface area contributed by atoms with Crippen molar-refractivity contribution in [3.05, 3.63) is 34.1 Å². The van der Waals surface area contributed by atoms with E-state index in [-0.39, 0.29) is 5.92 Å². The monoisotopic (exact) mass is 307 g/mol. The van der Waals surface area contributed by atoms with E-state index in [9.17, 15) is 0 Å². The molecule has 0 amide bonds. The Kier molecular flexibility index (Phi) is 4.27. The Morgan fingerprint density at radius 1 is 1.40 bits per heavy atom. The number of hydrogen-bond donors (Lipinski definition) is 1. The Morgan fingerprint density at radius 2 is 2.10 bits per heavy atom. The molecule has 0 fully saturated rings. The van der Waals surface area contributed by atoms with Gasteiger partial charge >= 0.3 is 0 Å². The number of nitrogens with zero attached hydrogens (tertiary/aromatic N) is 2. The number of imidazole rings is 1. The van der Waals surface area contributed by atoms with Gasteiger partial charge in [0.25, 0.3) is 0 Å². The standard InChI is InChI=1S/C15H15Cl2N3/c1-4-7-20-14(18)13(19-15(20)9(2)3)11-6-5-10(16)8-12(11)17/h1,5-6,8-9H,7,18H2,2-3H3. The summed E-state index contributed by atoms with van der Waals surface area (Å²) in [7, 11) is 0. The third-order valence-corrected chi connectivity index (χ3v) is 3.54. The van der Waals surface area contributed by atoms with Crippen molar-refractivity contribution in [1.82, 2.24) is 9.55 Å². The second-order valence-corrected chi connectivity index (χ2v) is 5.62. The van der Waals surface area contributed by atoms with Crippen LogP contribution in [0.3, 0.4) is 0 Å². The van der Waals surface area contributed by atoms with Crippen molar-refractivity contribution >= 4 is 29.0 Å². The summed E-state index contributed by atoms with van der Waals surface area (Å²) in [5.41, 5.74) is 7.58. The van der Waals surface area contributed by atoms with Gasteiger partial charge in [0.15, 0.2) is 0 Å². The lowest BCUT2D eigenvalue weighted by molar-refractivity contribution is 0.691. The maximum atomic E-state index is 6.22.